The minimum Gasteiger partial charge on any atom is -0.467 e. The van der Waals surface area contributed by atoms with Crippen LogP contribution in [0.15, 0.2) is 47.7 Å². The van der Waals surface area contributed by atoms with Gasteiger partial charge in [0.05, 0.1) is 12.4 Å². The maximum atomic E-state index is 13.5. The number of nitrogens with one attached hydrogen (secondary N) is 1. The van der Waals surface area contributed by atoms with Gasteiger partial charge >= 0.3 is 12.0 Å². The quantitative estimate of drug-likeness (QED) is 0.523. The fraction of sp³-hybridized carbons (Fsp3) is 0.538. The van der Waals surface area contributed by atoms with Crippen LogP contribution in [0.25, 0.3) is 0 Å². The molecule has 0 saturated carbocycles. The van der Waals surface area contributed by atoms with Crippen molar-refractivity contribution in [3.05, 3.63) is 52.7 Å². The van der Waals surface area contributed by atoms with Crippen LogP contribution in [0.1, 0.15) is 33.1 Å². The van der Waals surface area contributed by atoms with Gasteiger partial charge in [-0.15, -0.1) is 0 Å². The van der Waals surface area contributed by atoms with Crippen molar-refractivity contribution in [3.63, 3.8) is 0 Å². The number of fused-ring (bicyclic) bond motifs is 1. The van der Waals surface area contributed by atoms with E-state index in [1.165, 1.54) is 7.11 Å². The normalized spacial score (nSPS) is 22.0. The Kier molecular flexibility index (Phi) is 8.50. The van der Waals surface area contributed by atoms with E-state index in [2.05, 4.69) is 10.2 Å². The Morgan fingerprint density at radius 2 is 1.92 bits per heavy atom. The second-order valence-corrected chi connectivity index (χ2v) is 12.3. The lowest BCUT2D eigenvalue weighted by Crippen LogP contribution is -2.51. The van der Waals surface area contributed by atoms with Gasteiger partial charge in [-0.05, 0) is 42.5 Å². The van der Waals surface area contributed by atoms with Crippen LogP contribution in [-0.2, 0) is 19.6 Å². The lowest BCUT2D eigenvalue weighted by atomic mass is 9.99. The Labute approximate surface area is 224 Å². The van der Waals surface area contributed by atoms with Gasteiger partial charge in [-0.25, -0.2) is 18.0 Å². The molecule has 2 saturated heterocycles. The van der Waals surface area contributed by atoms with Gasteiger partial charge in [0.25, 0.3) is 0 Å². The summed E-state index contributed by atoms with van der Waals surface area (Å²) in [6.07, 6.45) is 5.21. The number of piperazine rings is 1. The number of methoxy groups -OCH3 is 1. The molecule has 3 unspecified atom stereocenters. The van der Waals surface area contributed by atoms with Crippen LogP contribution in [0.2, 0.25) is 5.02 Å². The van der Waals surface area contributed by atoms with Gasteiger partial charge < -0.3 is 15.0 Å². The lowest BCUT2D eigenvalue weighted by Gasteiger charge is -2.37. The minimum atomic E-state index is -3.54. The summed E-state index contributed by atoms with van der Waals surface area (Å²) in [5, 5.41) is 2.81. The van der Waals surface area contributed by atoms with E-state index in [1.54, 1.807) is 15.3 Å². The number of amides is 2. The van der Waals surface area contributed by atoms with E-state index >= 15 is 0 Å². The number of hydrogen-bond acceptors (Lipinski definition) is 6. The van der Waals surface area contributed by atoms with E-state index in [-0.39, 0.29) is 11.9 Å². The number of carbonyl (C=O) groups excluding carboxylic acids is 2. The Morgan fingerprint density at radius 1 is 1.19 bits per heavy atom. The van der Waals surface area contributed by atoms with Crippen LogP contribution in [0.5, 0.6) is 0 Å². The number of carbonyl (C=O) groups is 2. The summed E-state index contributed by atoms with van der Waals surface area (Å²) < 4.78 is 33.4. The summed E-state index contributed by atoms with van der Waals surface area (Å²) in [7, 11) is -2.24. The Hall–Kier alpha value is -2.56. The highest BCUT2D eigenvalue weighted by Gasteiger charge is 2.38. The molecule has 0 radical (unpaired) electrons. The number of esters is 1. The number of anilines is 1. The first-order valence-electron chi connectivity index (χ1n) is 12.7. The fourth-order valence-corrected chi connectivity index (χ4v) is 6.99. The predicted octanol–water partition coefficient (Wildman–Crippen LogP) is 3.38. The number of nitrogens with zero attached hydrogens (tertiary/aromatic N) is 3. The molecule has 3 atom stereocenters. The third-order valence-electron chi connectivity index (χ3n) is 7.50. The van der Waals surface area contributed by atoms with E-state index in [1.807, 2.05) is 44.2 Å². The maximum Gasteiger partial charge on any atom is 0.328 e. The molecule has 3 aliphatic rings. The zero-order valence-corrected chi connectivity index (χ0v) is 23.1. The molecule has 1 aliphatic carbocycles. The van der Waals surface area contributed by atoms with Gasteiger partial charge in [0.15, 0.2) is 0 Å². The van der Waals surface area contributed by atoms with Gasteiger partial charge in [0.1, 0.15) is 6.04 Å². The predicted molar refractivity (Wildman–Crippen MR) is 144 cm³/mol. The summed E-state index contributed by atoms with van der Waals surface area (Å²) >= 11 is 6.11. The van der Waals surface area contributed by atoms with Crippen molar-refractivity contribution in [2.45, 2.75) is 44.4 Å². The summed E-state index contributed by atoms with van der Waals surface area (Å²) in [5.74, 6) is -0.555. The minimum absolute atomic E-state index is 0.0804. The fourth-order valence-electron chi connectivity index (χ4n) is 5.08. The molecule has 4 rings (SSSR count). The van der Waals surface area contributed by atoms with E-state index < -0.39 is 27.3 Å². The number of sulfonamides is 1. The summed E-state index contributed by atoms with van der Waals surface area (Å²) in [4.78, 5) is 29.0. The van der Waals surface area contributed by atoms with Crippen molar-refractivity contribution in [2.24, 2.45) is 5.92 Å². The molecule has 2 aliphatic heterocycles. The monoisotopic (exact) mass is 550 g/mol. The number of urea groups is 1. The Bertz CT molecular complexity index is 1190. The highest BCUT2D eigenvalue weighted by atomic mass is 35.5. The summed E-state index contributed by atoms with van der Waals surface area (Å²) in [5.41, 5.74) is 2.57. The molecular formula is C26H35ClN4O5S. The van der Waals surface area contributed by atoms with Crippen molar-refractivity contribution in [2.75, 3.05) is 44.7 Å². The van der Waals surface area contributed by atoms with Crippen LogP contribution in [0.4, 0.5) is 10.5 Å². The van der Waals surface area contributed by atoms with E-state index in [0.717, 1.165) is 17.0 Å². The van der Waals surface area contributed by atoms with Crippen LogP contribution in [0, 0.1) is 5.92 Å². The molecule has 9 nitrogen and oxygen atoms in total. The molecule has 1 aromatic carbocycles. The topological polar surface area (TPSA) is 99.3 Å². The van der Waals surface area contributed by atoms with Gasteiger partial charge in [0.2, 0.25) is 10.0 Å². The standard InChI is InChI=1S/C26H35ClN4O5S/c1-4-18(2)24(25(32)36-3)28-26(33)31-11-10-19-16-22(8-9-23(19)31)37(34,35)30-14-12-29(13-15-30)21-7-5-6-20(27)17-21/h5-7,9,16-18,22,24H,4,8,10-15H2,1-3H3,(H,28,33). The molecule has 0 spiro atoms. The van der Waals surface area contributed by atoms with E-state index in [4.69, 9.17) is 16.3 Å². The largest absolute Gasteiger partial charge is 0.467 e. The number of hydrogen-bond donors (Lipinski definition) is 1. The Balaban J connectivity index is 1.39. The van der Waals surface area contributed by atoms with Gasteiger partial charge in [-0.2, -0.15) is 4.31 Å². The second kappa shape index (κ2) is 11.4. The molecular weight excluding hydrogens is 516 g/mol. The molecule has 2 fully saturated rings. The maximum absolute atomic E-state index is 13.5. The second-order valence-electron chi connectivity index (χ2n) is 9.70. The number of benzene rings is 1. The van der Waals surface area contributed by atoms with Crippen LogP contribution < -0.4 is 10.2 Å². The zero-order chi connectivity index (χ0) is 26.7. The number of likely N-dealkylation sites (tertiary alicyclic amines) is 1. The third kappa shape index (κ3) is 5.81. The number of allylic oxidation sites excluding steroid dienone is 2. The van der Waals surface area contributed by atoms with Crippen molar-refractivity contribution in [1.29, 1.82) is 0 Å². The number of ether oxygens (including phenoxy) is 1. The van der Waals surface area contributed by atoms with Crippen molar-refractivity contribution in [3.8, 4) is 0 Å². The summed E-state index contributed by atoms with van der Waals surface area (Å²) in [6, 6.07) is 6.47. The zero-order valence-electron chi connectivity index (χ0n) is 21.5. The number of halogens is 1. The smallest absolute Gasteiger partial charge is 0.328 e. The highest BCUT2D eigenvalue weighted by molar-refractivity contribution is 7.89. The highest BCUT2D eigenvalue weighted by Crippen LogP contribution is 2.35. The van der Waals surface area contributed by atoms with Crippen molar-refractivity contribution in [1.82, 2.24) is 14.5 Å². The molecule has 1 aromatic rings. The van der Waals surface area contributed by atoms with Gasteiger partial charge in [-0.3, -0.25) is 4.90 Å². The van der Waals surface area contributed by atoms with Crippen LogP contribution >= 0.6 is 11.6 Å². The molecule has 202 valence electrons. The molecule has 0 aromatic heterocycles. The molecule has 2 amide bonds. The molecule has 2 heterocycles. The Morgan fingerprint density at radius 3 is 2.57 bits per heavy atom. The first kappa shape index (κ1) is 27.5. The average molecular weight is 551 g/mol. The van der Waals surface area contributed by atoms with E-state index in [0.29, 0.717) is 57.0 Å². The van der Waals surface area contributed by atoms with Crippen molar-refractivity contribution >= 4 is 39.3 Å². The molecule has 37 heavy (non-hydrogen) atoms. The molecule has 11 heteroatoms. The molecule has 0 bridgehead atoms. The van der Waals surface area contributed by atoms with Crippen molar-refractivity contribution < 1.29 is 22.7 Å². The van der Waals surface area contributed by atoms with Crippen LogP contribution in [-0.4, -0.2) is 80.7 Å². The SMILES string of the molecule is CCC(C)C(NC(=O)N1CCC2=CC(S(=O)(=O)N3CCN(c4cccc(Cl)c4)CC3)CC=C21)C(=O)OC. The van der Waals surface area contributed by atoms with E-state index in [9.17, 15) is 18.0 Å². The first-order valence-corrected chi connectivity index (χ1v) is 14.6. The molecule has 1 N–H and O–H groups in total. The van der Waals surface area contributed by atoms with Crippen LogP contribution in [0.3, 0.4) is 0 Å². The third-order valence-corrected chi connectivity index (χ3v) is 9.92. The first-order chi connectivity index (χ1) is 17.6. The summed E-state index contributed by atoms with van der Waals surface area (Å²) in [6.45, 7) is 6.27. The number of rotatable bonds is 7. The van der Waals surface area contributed by atoms with Gasteiger partial charge in [-0.1, -0.05) is 50.1 Å². The van der Waals surface area contributed by atoms with Gasteiger partial charge in [0, 0.05) is 49.1 Å². The lowest BCUT2D eigenvalue weighted by molar-refractivity contribution is -0.144. The average Bonchev–Trinajstić information content (AvgIpc) is 3.34.